The third kappa shape index (κ3) is 13.6. The van der Waals surface area contributed by atoms with E-state index in [2.05, 4.69) is 5.32 Å². The number of esters is 2. The Kier molecular flexibility index (Phi) is 16.7. The van der Waals surface area contributed by atoms with Crippen LogP contribution in [-0.2, 0) is 58.8 Å². The molecule has 0 aliphatic carbocycles. The molecule has 2 unspecified atom stereocenters. The summed E-state index contributed by atoms with van der Waals surface area (Å²) in [6.45, 7) is 8.22. The van der Waals surface area contributed by atoms with Crippen LogP contribution in [0.4, 0.5) is 10.5 Å². The highest BCUT2D eigenvalue weighted by molar-refractivity contribution is 7.93. The van der Waals surface area contributed by atoms with Crippen molar-refractivity contribution in [2.45, 2.75) is 82.8 Å². The molecule has 2 atom stereocenters. The van der Waals surface area contributed by atoms with Crippen molar-refractivity contribution in [1.29, 1.82) is 0 Å². The van der Waals surface area contributed by atoms with Gasteiger partial charge >= 0.3 is 18.0 Å². The maximum atomic E-state index is 14.3. The summed E-state index contributed by atoms with van der Waals surface area (Å²) in [6, 6.07) is 29.3. The highest BCUT2D eigenvalue weighted by Gasteiger charge is 2.36. The quantitative estimate of drug-likeness (QED) is 0.0750. The fourth-order valence-corrected chi connectivity index (χ4v) is 14.3. The van der Waals surface area contributed by atoms with Crippen molar-refractivity contribution in [3.63, 3.8) is 0 Å². The van der Waals surface area contributed by atoms with Crippen LogP contribution in [0.15, 0.2) is 164 Å². The molecule has 0 saturated carbocycles. The predicted octanol–water partition coefficient (Wildman–Crippen LogP) is 7.38. The number of amides is 2. The van der Waals surface area contributed by atoms with E-state index in [9.17, 15) is 56.5 Å². The second-order valence-corrected chi connectivity index (χ2v) is 27.0. The van der Waals surface area contributed by atoms with Gasteiger partial charge in [-0.15, -0.1) is 0 Å². The molecule has 2 amide bonds. The zero-order valence-corrected chi connectivity index (χ0v) is 43.5. The van der Waals surface area contributed by atoms with Crippen molar-refractivity contribution in [2.24, 2.45) is 0 Å². The minimum atomic E-state index is -4.71. The second kappa shape index (κ2) is 22.0. The van der Waals surface area contributed by atoms with Gasteiger partial charge in [-0.25, -0.2) is 61.2 Å². The lowest BCUT2D eigenvalue weighted by atomic mass is 10.1. The molecule has 0 bridgehead atoms. The molecule has 6 aromatic rings. The number of ether oxygens (including phenoxy) is 2. The molecule has 0 aliphatic rings. The summed E-state index contributed by atoms with van der Waals surface area (Å²) >= 11 is 0. The fraction of sp³-hybridized carbons (Fsp3) is 0.220. The first-order chi connectivity index (χ1) is 33.7. The van der Waals surface area contributed by atoms with Gasteiger partial charge in [-0.05, 0) is 136 Å². The average molecular weight is 1080 g/mol. The van der Waals surface area contributed by atoms with Gasteiger partial charge in [-0.2, -0.15) is 0 Å². The Morgan fingerprint density at radius 3 is 1.17 bits per heavy atom. The van der Waals surface area contributed by atoms with Gasteiger partial charge in [0.25, 0.3) is 10.0 Å². The van der Waals surface area contributed by atoms with Gasteiger partial charge in [0, 0.05) is 18.5 Å². The largest absolute Gasteiger partial charge is 0.442 e. The monoisotopic (exact) mass is 1080 g/mol. The van der Waals surface area contributed by atoms with E-state index in [1.165, 1.54) is 97.1 Å². The van der Waals surface area contributed by atoms with Gasteiger partial charge in [0.1, 0.15) is 0 Å². The van der Waals surface area contributed by atoms with Gasteiger partial charge in [-0.3, -0.25) is 0 Å². The van der Waals surface area contributed by atoms with Crippen LogP contribution in [0, 0.1) is 34.6 Å². The van der Waals surface area contributed by atoms with Crippen LogP contribution in [0.25, 0.3) is 0 Å². The van der Waals surface area contributed by atoms with Crippen LogP contribution < -0.4 is 10.0 Å². The highest BCUT2D eigenvalue weighted by Crippen LogP contribution is 2.28. The molecule has 380 valence electrons. The topological polar surface area (TPSA) is 264 Å². The van der Waals surface area contributed by atoms with Crippen LogP contribution in [0.1, 0.15) is 61.4 Å². The summed E-state index contributed by atoms with van der Waals surface area (Å²) in [6.07, 6.45) is -1.59. The summed E-state index contributed by atoms with van der Waals surface area (Å²) in [5, 5.41) is 2.20. The normalized spacial score (nSPS) is 13.1. The Morgan fingerprint density at radius 1 is 0.431 bits per heavy atom. The Balaban J connectivity index is 1.40. The van der Waals surface area contributed by atoms with E-state index in [0.29, 0.717) is 27.8 Å². The number of nitrogens with one attached hydrogen (secondary N) is 2. The molecule has 0 aromatic heterocycles. The van der Waals surface area contributed by atoms with Gasteiger partial charge in [0.15, 0.2) is 19.7 Å². The van der Waals surface area contributed by atoms with Crippen molar-refractivity contribution < 1.29 is 65.9 Å². The summed E-state index contributed by atoms with van der Waals surface area (Å²) in [4.78, 5) is 40.7. The number of sulfone groups is 4. The van der Waals surface area contributed by atoms with Gasteiger partial charge in [0.2, 0.25) is 30.5 Å². The number of carbonyl (C=O) groups excluding carboxylic acids is 3. The Bertz CT molecular complexity index is 3450. The van der Waals surface area contributed by atoms with E-state index in [0.717, 1.165) is 18.2 Å². The fourth-order valence-electron chi connectivity index (χ4n) is 7.16. The maximum absolute atomic E-state index is 14.3. The van der Waals surface area contributed by atoms with Crippen LogP contribution in [-0.4, -0.2) is 82.4 Å². The van der Waals surface area contributed by atoms with Crippen molar-refractivity contribution in [3.05, 3.63) is 178 Å². The molecule has 0 spiro atoms. The number of benzene rings is 6. The third-order valence-corrected chi connectivity index (χ3v) is 19.7. The minimum Gasteiger partial charge on any atom is -0.442 e. The minimum absolute atomic E-state index is 0.124. The first kappa shape index (κ1) is 54.6. The molecule has 2 N–H and O–H groups in total. The van der Waals surface area contributed by atoms with Crippen molar-refractivity contribution in [3.8, 4) is 0 Å². The lowest BCUT2D eigenvalue weighted by molar-refractivity contribution is 0.0436. The van der Waals surface area contributed by atoms with E-state index in [1.807, 2.05) is 0 Å². The number of hydrogen-bond acceptors (Lipinski definition) is 15. The molecule has 6 aromatic carbocycles. The zero-order valence-electron chi connectivity index (χ0n) is 39.4. The highest BCUT2D eigenvalue weighted by atomic mass is 32.2. The molecule has 0 aliphatic heterocycles. The number of sulfonamides is 1. The molecule has 0 heterocycles. The van der Waals surface area contributed by atoms with Crippen molar-refractivity contribution in [1.82, 2.24) is 4.72 Å². The first-order valence-corrected chi connectivity index (χ1v) is 29.7. The molecular formula is C50H50N2O15S5. The van der Waals surface area contributed by atoms with E-state index < -0.39 is 119 Å². The number of hydrogen-bond donors (Lipinski definition) is 2. The van der Waals surface area contributed by atoms with Crippen LogP contribution in [0.2, 0.25) is 0 Å². The van der Waals surface area contributed by atoms with Crippen LogP contribution in [0.5, 0.6) is 0 Å². The van der Waals surface area contributed by atoms with Crippen LogP contribution in [0.3, 0.4) is 0 Å². The van der Waals surface area contributed by atoms with Gasteiger partial charge in [0.05, 0.1) is 47.1 Å². The van der Waals surface area contributed by atoms with E-state index >= 15 is 0 Å². The number of urea groups is 1. The SMILES string of the molecule is Cc1ccc(S(=O)(=O)NC(=O)Nc2cc(C(=O)OC(CCS(=O)(=O)c3cccc(C)c3)S(=O)(=O)c3cccc(C)c3)cc(C(=O)OC(CCS(=O)(=O)c3cccc(C)c3)S(=O)(=O)c3cccc(C)c3)c2)cc1. The van der Waals surface area contributed by atoms with Gasteiger partial charge < -0.3 is 14.8 Å². The summed E-state index contributed by atoms with van der Waals surface area (Å²) in [5.74, 6) is -4.65. The third-order valence-electron chi connectivity index (χ3n) is 11.0. The summed E-state index contributed by atoms with van der Waals surface area (Å²) < 4.78 is 150. The Hall–Kier alpha value is -6.72. The lowest BCUT2D eigenvalue weighted by Gasteiger charge is -2.21. The number of anilines is 1. The smallest absolute Gasteiger partial charge is 0.339 e. The molecule has 22 heteroatoms. The molecule has 0 radical (unpaired) electrons. The van der Waals surface area contributed by atoms with Crippen LogP contribution >= 0.6 is 0 Å². The van der Waals surface area contributed by atoms with Gasteiger partial charge in [-0.1, -0.05) is 66.2 Å². The van der Waals surface area contributed by atoms with E-state index in [-0.39, 0.29) is 24.5 Å². The average Bonchev–Trinajstić information content (AvgIpc) is 3.31. The van der Waals surface area contributed by atoms with Crippen molar-refractivity contribution in [2.75, 3.05) is 16.8 Å². The van der Waals surface area contributed by atoms with E-state index in [4.69, 9.17) is 9.47 Å². The summed E-state index contributed by atoms with van der Waals surface area (Å²) in [5.41, 5.74) is -3.37. The molecule has 6 rings (SSSR count). The number of rotatable bonds is 19. The lowest BCUT2D eigenvalue weighted by Crippen LogP contribution is -2.34. The molecule has 17 nitrogen and oxygen atoms in total. The molecule has 72 heavy (non-hydrogen) atoms. The Morgan fingerprint density at radius 2 is 0.792 bits per heavy atom. The second-order valence-electron chi connectivity index (χ2n) is 16.9. The predicted molar refractivity (Wildman–Crippen MR) is 268 cm³/mol. The molecule has 0 fully saturated rings. The molecule has 0 saturated heterocycles. The van der Waals surface area contributed by atoms with E-state index in [1.54, 1.807) is 63.6 Å². The van der Waals surface area contributed by atoms with Crippen molar-refractivity contribution >= 4 is 73.0 Å². The number of carbonyl (C=O) groups is 3. The number of aryl methyl sites for hydroxylation is 5. The summed E-state index contributed by atoms with van der Waals surface area (Å²) in [7, 11) is -22.3. The first-order valence-electron chi connectivity index (χ1n) is 21.8. The Labute approximate surface area is 419 Å². The zero-order chi connectivity index (χ0) is 52.8. The maximum Gasteiger partial charge on any atom is 0.339 e. The molecular weight excluding hydrogens is 1030 g/mol. The standard InChI is InChI=1S/C50H50N2O15S5/c1-33-18-20-41(21-19-33)72(64,65)52-50(55)51-40-31-38(48(53)66-46(70(60,61)44-16-8-12-36(4)28-44)22-24-68(56,57)42-14-6-10-34(2)26-42)30-39(32-40)49(54)67-47(71(62,63)45-17-9-13-37(5)29-45)23-25-69(58,59)43-15-7-11-35(3)27-43/h6-21,26-32,46-47H,22-25H2,1-5H3,(H2,51,52,55).